The molecule has 1 atom stereocenters. The minimum atomic E-state index is -1.55. The molecule has 0 bridgehead atoms. The van der Waals surface area contributed by atoms with Gasteiger partial charge in [0, 0.05) is 24.7 Å². The minimum absolute atomic E-state index is 0.0128. The highest BCUT2D eigenvalue weighted by atomic mass is 19.2. The first-order valence-electron chi connectivity index (χ1n) is 7.08. The molecule has 0 N–H and O–H groups in total. The van der Waals surface area contributed by atoms with Gasteiger partial charge in [-0.05, 0) is 38.6 Å². The van der Waals surface area contributed by atoms with Crippen molar-refractivity contribution in [3.8, 4) is 0 Å². The first-order chi connectivity index (χ1) is 9.93. The molecular weight excluding hydrogens is 281 g/mol. The summed E-state index contributed by atoms with van der Waals surface area (Å²) in [4.78, 5) is 16.3. The van der Waals surface area contributed by atoms with Gasteiger partial charge in [-0.2, -0.15) is 0 Å². The summed E-state index contributed by atoms with van der Waals surface area (Å²) in [5.41, 5.74) is -0.144. The Balaban J connectivity index is 2.29. The SMILES string of the molecule is CCC1CN(C)CCCN1C(=O)c1cc(F)c(F)c(F)c1. The lowest BCUT2D eigenvalue weighted by Gasteiger charge is -2.30. The lowest BCUT2D eigenvalue weighted by Crippen LogP contribution is -2.43. The van der Waals surface area contributed by atoms with Crippen molar-refractivity contribution in [3.05, 3.63) is 35.1 Å². The molecular formula is C15H19F3N2O. The van der Waals surface area contributed by atoms with Crippen LogP contribution in [0.5, 0.6) is 0 Å². The minimum Gasteiger partial charge on any atom is -0.334 e. The number of rotatable bonds is 2. The summed E-state index contributed by atoms with van der Waals surface area (Å²) in [6.07, 6.45) is 1.55. The fourth-order valence-electron chi connectivity index (χ4n) is 2.70. The largest absolute Gasteiger partial charge is 0.334 e. The third-order valence-corrected chi connectivity index (χ3v) is 3.86. The van der Waals surface area contributed by atoms with Crippen molar-refractivity contribution in [2.24, 2.45) is 0 Å². The smallest absolute Gasteiger partial charge is 0.254 e. The Kier molecular flexibility index (Phi) is 4.88. The predicted octanol–water partition coefficient (Wildman–Crippen LogP) is 2.66. The van der Waals surface area contributed by atoms with Gasteiger partial charge in [-0.3, -0.25) is 4.79 Å². The van der Waals surface area contributed by atoms with E-state index in [-0.39, 0.29) is 11.6 Å². The van der Waals surface area contributed by atoms with Gasteiger partial charge in [0.05, 0.1) is 0 Å². The zero-order valence-electron chi connectivity index (χ0n) is 12.2. The van der Waals surface area contributed by atoms with E-state index in [1.807, 2.05) is 14.0 Å². The Morgan fingerprint density at radius 3 is 2.43 bits per heavy atom. The Labute approximate surface area is 122 Å². The fraction of sp³-hybridized carbons (Fsp3) is 0.533. The molecule has 0 aromatic heterocycles. The first-order valence-corrected chi connectivity index (χ1v) is 7.08. The number of nitrogens with zero attached hydrogens (tertiary/aromatic N) is 2. The van der Waals surface area contributed by atoms with E-state index in [0.29, 0.717) is 13.1 Å². The molecule has 1 aliphatic rings. The summed E-state index contributed by atoms with van der Waals surface area (Å²) in [7, 11) is 1.98. The maximum Gasteiger partial charge on any atom is 0.254 e. The quantitative estimate of drug-likeness (QED) is 0.784. The van der Waals surface area contributed by atoms with Gasteiger partial charge in [0.25, 0.3) is 5.91 Å². The second-order valence-corrected chi connectivity index (χ2v) is 5.43. The second kappa shape index (κ2) is 6.47. The predicted molar refractivity (Wildman–Crippen MR) is 73.5 cm³/mol. The van der Waals surface area contributed by atoms with Crippen molar-refractivity contribution >= 4 is 5.91 Å². The summed E-state index contributed by atoms with van der Waals surface area (Å²) < 4.78 is 39.6. The summed E-state index contributed by atoms with van der Waals surface area (Å²) in [6.45, 7) is 4.08. The van der Waals surface area contributed by atoms with Gasteiger partial charge in [0.15, 0.2) is 17.5 Å². The maximum atomic E-state index is 13.3. The van der Waals surface area contributed by atoms with Crippen LogP contribution in [-0.4, -0.2) is 48.4 Å². The molecule has 1 heterocycles. The molecule has 6 heteroatoms. The molecule has 0 saturated carbocycles. The van der Waals surface area contributed by atoms with Crippen molar-refractivity contribution in [1.29, 1.82) is 0 Å². The number of carbonyl (C=O) groups is 1. The van der Waals surface area contributed by atoms with E-state index in [2.05, 4.69) is 4.90 Å². The summed E-state index contributed by atoms with van der Waals surface area (Å²) in [5, 5.41) is 0. The van der Waals surface area contributed by atoms with Crippen LogP contribution in [0.4, 0.5) is 13.2 Å². The third-order valence-electron chi connectivity index (χ3n) is 3.86. The molecule has 1 aliphatic heterocycles. The van der Waals surface area contributed by atoms with E-state index in [0.717, 1.165) is 31.5 Å². The molecule has 2 rings (SSSR count). The number of halogens is 3. The Hall–Kier alpha value is -1.56. The zero-order valence-corrected chi connectivity index (χ0v) is 12.2. The monoisotopic (exact) mass is 300 g/mol. The van der Waals surface area contributed by atoms with Gasteiger partial charge in [-0.1, -0.05) is 6.92 Å². The van der Waals surface area contributed by atoms with Crippen molar-refractivity contribution in [3.63, 3.8) is 0 Å². The normalized spacial score (nSPS) is 20.4. The van der Waals surface area contributed by atoms with Gasteiger partial charge in [0.2, 0.25) is 0 Å². The average Bonchev–Trinajstić information content (AvgIpc) is 2.64. The highest BCUT2D eigenvalue weighted by Crippen LogP contribution is 2.19. The van der Waals surface area contributed by atoms with E-state index in [1.54, 1.807) is 4.90 Å². The van der Waals surface area contributed by atoms with Gasteiger partial charge >= 0.3 is 0 Å². The Morgan fingerprint density at radius 1 is 1.24 bits per heavy atom. The molecule has 1 fully saturated rings. The third kappa shape index (κ3) is 3.37. The van der Waals surface area contributed by atoms with Crippen LogP contribution in [-0.2, 0) is 0 Å². The van der Waals surface area contributed by atoms with Crippen LogP contribution in [0.1, 0.15) is 30.1 Å². The Bertz CT molecular complexity index is 513. The standard InChI is InChI=1S/C15H19F3N2O/c1-3-11-9-19(2)5-4-6-20(11)15(21)10-7-12(16)14(18)13(17)8-10/h7-8,11H,3-6,9H2,1-2H3. The molecule has 0 radical (unpaired) electrons. The van der Waals surface area contributed by atoms with Crippen molar-refractivity contribution in [1.82, 2.24) is 9.80 Å². The van der Waals surface area contributed by atoms with Crippen LogP contribution >= 0.6 is 0 Å². The fourth-order valence-corrected chi connectivity index (χ4v) is 2.70. The average molecular weight is 300 g/mol. The molecule has 0 spiro atoms. The van der Waals surface area contributed by atoms with Gasteiger partial charge in [-0.15, -0.1) is 0 Å². The van der Waals surface area contributed by atoms with Crippen molar-refractivity contribution < 1.29 is 18.0 Å². The molecule has 1 aromatic rings. The number of hydrogen-bond acceptors (Lipinski definition) is 2. The van der Waals surface area contributed by atoms with Crippen LogP contribution in [0.25, 0.3) is 0 Å². The topological polar surface area (TPSA) is 23.6 Å². The van der Waals surface area contributed by atoms with E-state index in [4.69, 9.17) is 0 Å². The number of hydrogen-bond donors (Lipinski definition) is 0. The van der Waals surface area contributed by atoms with Crippen molar-refractivity contribution in [2.75, 3.05) is 26.7 Å². The highest BCUT2D eigenvalue weighted by Gasteiger charge is 2.28. The molecule has 1 unspecified atom stereocenters. The zero-order chi connectivity index (χ0) is 15.6. The van der Waals surface area contributed by atoms with E-state index < -0.39 is 23.4 Å². The molecule has 1 amide bonds. The van der Waals surface area contributed by atoms with Gasteiger partial charge < -0.3 is 9.80 Å². The summed E-state index contributed by atoms with van der Waals surface area (Å²) in [6, 6.07) is 1.52. The summed E-state index contributed by atoms with van der Waals surface area (Å²) in [5.74, 6) is -4.67. The first kappa shape index (κ1) is 15.8. The number of benzene rings is 1. The molecule has 0 aliphatic carbocycles. The summed E-state index contributed by atoms with van der Waals surface area (Å²) >= 11 is 0. The lowest BCUT2D eigenvalue weighted by molar-refractivity contribution is 0.0674. The van der Waals surface area contributed by atoms with Crippen molar-refractivity contribution in [2.45, 2.75) is 25.8 Å². The molecule has 3 nitrogen and oxygen atoms in total. The lowest BCUT2D eigenvalue weighted by atomic mass is 10.1. The molecule has 1 saturated heterocycles. The van der Waals surface area contributed by atoms with Gasteiger partial charge in [-0.25, -0.2) is 13.2 Å². The second-order valence-electron chi connectivity index (χ2n) is 5.43. The highest BCUT2D eigenvalue weighted by molar-refractivity contribution is 5.94. The van der Waals surface area contributed by atoms with Crippen LogP contribution in [0.3, 0.4) is 0 Å². The van der Waals surface area contributed by atoms with Gasteiger partial charge in [0.1, 0.15) is 0 Å². The van der Waals surface area contributed by atoms with Crippen LogP contribution < -0.4 is 0 Å². The van der Waals surface area contributed by atoms with Crippen LogP contribution in [0.2, 0.25) is 0 Å². The molecule has 116 valence electrons. The van der Waals surface area contributed by atoms with E-state index >= 15 is 0 Å². The number of likely N-dealkylation sites (N-methyl/N-ethyl adjacent to an activating group) is 1. The maximum absolute atomic E-state index is 13.3. The van der Waals surface area contributed by atoms with Crippen LogP contribution in [0, 0.1) is 17.5 Å². The van der Waals surface area contributed by atoms with E-state index in [1.165, 1.54) is 0 Å². The molecule has 21 heavy (non-hydrogen) atoms. The Morgan fingerprint density at radius 2 is 1.86 bits per heavy atom. The van der Waals surface area contributed by atoms with E-state index in [9.17, 15) is 18.0 Å². The number of carbonyl (C=O) groups excluding carboxylic acids is 1. The number of amides is 1. The van der Waals surface area contributed by atoms with Crippen LogP contribution in [0.15, 0.2) is 12.1 Å². The molecule has 1 aromatic carbocycles.